The predicted octanol–water partition coefficient (Wildman–Crippen LogP) is 2.09. The van der Waals surface area contributed by atoms with Gasteiger partial charge in [0.15, 0.2) is 5.75 Å². The molecule has 0 saturated carbocycles. The Morgan fingerprint density at radius 1 is 1.15 bits per heavy atom. The lowest BCUT2D eigenvalue weighted by atomic mass is 10.0. The van der Waals surface area contributed by atoms with Gasteiger partial charge in [-0.25, -0.2) is 4.79 Å². The van der Waals surface area contributed by atoms with E-state index in [1.165, 1.54) is 12.3 Å². The van der Waals surface area contributed by atoms with Crippen LogP contribution in [0.3, 0.4) is 0 Å². The van der Waals surface area contributed by atoms with Crippen molar-refractivity contribution in [3.8, 4) is 5.75 Å². The van der Waals surface area contributed by atoms with Crippen LogP contribution >= 0.6 is 0 Å². The number of carbonyl (C=O) groups excluding carboxylic acids is 1. The van der Waals surface area contributed by atoms with Crippen LogP contribution in [-0.2, 0) is 13.1 Å². The second kappa shape index (κ2) is 6.84. The molecule has 1 aromatic heterocycles. The van der Waals surface area contributed by atoms with Crippen molar-refractivity contribution in [2.75, 3.05) is 18.4 Å². The molecule has 136 valence electrons. The lowest BCUT2D eigenvalue weighted by molar-refractivity contribution is 0.117. The van der Waals surface area contributed by atoms with Gasteiger partial charge in [0.2, 0.25) is 5.43 Å². The van der Waals surface area contributed by atoms with E-state index >= 15 is 0 Å². The number of aromatic nitrogens is 1. The number of amides is 2. The minimum absolute atomic E-state index is 0.0231. The smallest absolute Gasteiger partial charge is 0.322 e. The van der Waals surface area contributed by atoms with Crippen LogP contribution in [0, 0.1) is 0 Å². The molecule has 0 bridgehead atoms. The fourth-order valence-electron chi connectivity index (χ4n) is 3.74. The average Bonchev–Trinajstić information content (AvgIpc) is 2.65. The monoisotopic (exact) mass is 354 g/mol. The largest absolute Gasteiger partial charge is 0.503 e. The number of urea groups is 1. The summed E-state index contributed by atoms with van der Waals surface area (Å²) in [5, 5.41) is 12.3. The molecule has 2 amide bonds. The molecule has 3 N–H and O–H groups in total. The summed E-state index contributed by atoms with van der Waals surface area (Å²) in [4.78, 5) is 31.1. The number of pyridine rings is 1. The Bertz CT molecular complexity index is 871. The van der Waals surface area contributed by atoms with Gasteiger partial charge in [-0.3, -0.25) is 9.69 Å². The van der Waals surface area contributed by atoms with Gasteiger partial charge in [0.05, 0.1) is 0 Å². The number of piperidine rings is 1. The van der Waals surface area contributed by atoms with Crippen molar-refractivity contribution < 1.29 is 9.90 Å². The van der Waals surface area contributed by atoms with Crippen LogP contribution in [0.5, 0.6) is 5.75 Å². The van der Waals surface area contributed by atoms with Gasteiger partial charge in [0, 0.05) is 55.9 Å². The third kappa shape index (κ3) is 3.30. The second-order valence-corrected chi connectivity index (χ2v) is 6.93. The van der Waals surface area contributed by atoms with Gasteiger partial charge in [-0.1, -0.05) is 18.2 Å². The molecule has 1 saturated heterocycles. The third-order valence-electron chi connectivity index (χ3n) is 5.20. The topological polar surface area (TPSA) is 88.7 Å². The van der Waals surface area contributed by atoms with Crippen LogP contribution < -0.4 is 10.7 Å². The van der Waals surface area contributed by atoms with Crippen molar-refractivity contribution in [2.24, 2.45) is 0 Å². The zero-order chi connectivity index (χ0) is 18.1. The number of para-hydroxylation sites is 1. The number of carbonyl (C=O) groups is 1. The van der Waals surface area contributed by atoms with E-state index in [1.807, 2.05) is 23.1 Å². The number of H-pyrrole nitrogens is 1. The van der Waals surface area contributed by atoms with Gasteiger partial charge in [0.25, 0.3) is 0 Å². The number of fused-ring (bicyclic) bond motifs is 1. The summed E-state index contributed by atoms with van der Waals surface area (Å²) in [6.45, 7) is 3.01. The number of aromatic amines is 1. The molecule has 0 unspecified atom stereocenters. The number of benzene rings is 1. The zero-order valence-corrected chi connectivity index (χ0v) is 14.4. The maximum absolute atomic E-state index is 12.4. The number of hydrogen-bond acceptors (Lipinski definition) is 4. The lowest BCUT2D eigenvalue weighted by Gasteiger charge is -2.40. The second-order valence-electron chi connectivity index (χ2n) is 6.93. The maximum Gasteiger partial charge on any atom is 0.322 e. The standard InChI is InChI=1S/C19H22N4O3/c24-17-9-14(20-10-18(17)25)12-22-7-5-15(6-8-22)23-11-13-3-1-2-4-16(13)21-19(23)26/h1-4,9-10,15,25H,5-8,11-12H2,(H,20,24)(H,21,26). The Balaban J connectivity index is 1.37. The van der Waals surface area contributed by atoms with Crippen molar-refractivity contribution >= 4 is 11.7 Å². The van der Waals surface area contributed by atoms with Crippen molar-refractivity contribution in [1.82, 2.24) is 14.8 Å². The molecule has 2 aliphatic rings. The minimum Gasteiger partial charge on any atom is -0.503 e. The molecule has 0 spiro atoms. The first kappa shape index (κ1) is 16.7. The first-order valence-corrected chi connectivity index (χ1v) is 8.88. The summed E-state index contributed by atoms with van der Waals surface area (Å²) in [5.41, 5.74) is 2.48. The molecule has 7 heteroatoms. The van der Waals surface area contributed by atoms with E-state index in [2.05, 4.69) is 21.3 Å². The summed E-state index contributed by atoms with van der Waals surface area (Å²) in [6.07, 6.45) is 3.13. The molecule has 26 heavy (non-hydrogen) atoms. The van der Waals surface area contributed by atoms with Crippen LogP contribution in [0.15, 0.2) is 41.3 Å². The summed E-state index contributed by atoms with van der Waals surface area (Å²) in [7, 11) is 0. The molecule has 0 aliphatic carbocycles. The van der Waals surface area contributed by atoms with Crippen LogP contribution in [0.25, 0.3) is 0 Å². The molecule has 1 fully saturated rings. The van der Waals surface area contributed by atoms with E-state index in [-0.39, 0.29) is 23.3 Å². The summed E-state index contributed by atoms with van der Waals surface area (Å²) >= 11 is 0. The van der Waals surface area contributed by atoms with Crippen molar-refractivity contribution in [2.45, 2.75) is 32.0 Å². The molecule has 1 aromatic carbocycles. The van der Waals surface area contributed by atoms with E-state index in [1.54, 1.807) is 0 Å². The number of nitrogens with one attached hydrogen (secondary N) is 2. The van der Waals surface area contributed by atoms with Gasteiger partial charge < -0.3 is 20.3 Å². The Morgan fingerprint density at radius 3 is 2.69 bits per heavy atom. The van der Waals surface area contributed by atoms with E-state index in [4.69, 9.17) is 0 Å². The van der Waals surface area contributed by atoms with Gasteiger partial charge in [-0.2, -0.15) is 0 Å². The number of rotatable bonds is 3. The van der Waals surface area contributed by atoms with Gasteiger partial charge in [-0.05, 0) is 24.5 Å². The SMILES string of the molecule is O=C1Nc2ccccc2CN1C1CCN(Cc2cc(=O)c(O)c[nH]2)CC1. The summed E-state index contributed by atoms with van der Waals surface area (Å²) in [5.74, 6) is -0.260. The molecule has 0 radical (unpaired) electrons. The number of nitrogens with zero attached hydrogens (tertiary/aromatic N) is 2. The Kier molecular flexibility index (Phi) is 4.38. The fourth-order valence-corrected chi connectivity index (χ4v) is 3.74. The lowest BCUT2D eigenvalue weighted by Crippen LogP contribution is -2.50. The van der Waals surface area contributed by atoms with Gasteiger partial charge in [-0.15, -0.1) is 0 Å². The summed E-state index contributed by atoms with van der Waals surface area (Å²) < 4.78 is 0. The Labute approximate surface area is 151 Å². The fraction of sp³-hybridized carbons (Fsp3) is 0.368. The average molecular weight is 354 g/mol. The zero-order valence-electron chi connectivity index (χ0n) is 14.4. The van der Waals surface area contributed by atoms with Crippen LogP contribution in [0.4, 0.5) is 10.5 Å². The third-order valence-corrected chi connectivity index (χ3v) is 5.20. The number of aromatic hydroxyl groups is 1. The Hall–Kier alpha value is -2.80. The number of anilines is 1. The van der Waals surface area contributed by atoms with E-state index in [0.29, 0.717) is 13.1 Å². The highest BCUT2D eigenvalue weighted by molar-refractivity contribution is 5.92. The van der Waals surface area contributed by atoms with E-state index in [0.717, 1.165) is 42.9 Å². The van der Waals surface area contributed by atoms with Gasteiger partial charge in [0.1, 0.15) is 0 Å². The van der Waals surface area contributed by atoms with Crippen molar-refractivity contribution in [1.29, 1.82) is 0 Å². The van der Waals surface area contributed by atoms with Crippen molar-refractivity contribution in [3.63, 3.8) is 0 Å². The van der Waals surface area contributed by atoms with Gasteiger partial charge >= 0.3 is 6.03 Å². The molecule has 4 rings (SSSR count). The van der Waals surface area contributed by atoms with Crippen LogP contribution in [0.2, 0.25) is 0 Å². The molecule has 3 heterocycles. The molecular weight excluding hydrogens is 332 g/mol. The highest BCUT2D eigenvalue weighted by Crippen LogP contribution is 2.27. The highest BCUT2D eigenvalue weighted by Gasteiger charge is 2.31. The number of hydrogen-bond donors (Lipinski definition) is 3. The first-order valence-electron chi connectivity index (χ1n) is 8.88. The molecular formula is C19H22N4O3. The molecule has 2 aliphatic heterocycles. The minimum atomic E-state index is -0.364. The first-order chi connectivity index (χ1) is 12.6. The quantitative estimate of drug-likeness (QED) is 0.787. The van der Waals surface area contributed by atoms with E-state index < -0.39 is 0 Å². The molecule has 7 nitrogen and oxygen atoms in total. The number of likely N-dealkylation sites (tertiary alicyclic amines) is 1. The van der Waals surface area contributed by atoms with Crippen LogP contribution in [-0.4, -0.2) is 45.1 Å². The maximum atomic E-state index is 12.4. The van der Waals surface area contributed by atoms with Crippen LogP contribution in [0.1, 0.15) is 24.1 Å². The predicted molar refractivity (Wildman–Crippen MR) is 98.0 cm³/mol. The van der Waals surface area contributed by atoms with Crippen molar-refractivity contribution in [3.05, 3.63) is 58.0 Å². The molecule has 2 aromatic rings. The van der Waals surface area contributed by atoms with E-state index in [9.17, 15) is 14.7 Å². The Morgan fingerprint density at radius 2 is 1.92 bits per heavy atom. The normalized spacial score (nSPS) is 18.5. The molecule has 0 atom stereocenters. The summed E-state index contributed by atoms with van der Waals surface area (Å²) in [6, 6.07) is 9.56. The highest BCUT2D eigenvalue weighted by atomic mass is 16.3.